The number of rotatable bonds is 5. The molecule has 0 saturated heterocycles. The van der Waals surface area contributed by atoms with Crippen LogP contribution in [0.15, 0.2) is 36.4 Å². The number of aryl methyl sites for hydroxylation is 1. The number of fused-ring (bicyclic) bond motifs is 1. The van der Waals surface area contributed by atoms with Gasteiger partial charge in [-0.25, -0.2) is 0 Å². The van der Waals surface area contributed by atoms with E-state index in [-0.39, 0.29) is 17.7 Å². The number of methoxy groups -OCH3 is 2. The molecule has 1 fully saturated rings. The van der Waals surface area contributed by atoms with E-state index in [0.29, 0.717) is 22.7 Å². The molecule has 1 saturated carbocycles. The molecule has 2 aliphatic rings. The maximum Gasteiger partial charge on any atom is 0.255 e. The van der Waals surface area contributed by atoms with Crippen LogP contribution in [-0.2, 0) is 11.2 Å². The second kappa shape index (κ2) is 7.54. The molecule has 0 aromatic heterocycles. The highest BCUT2D eigenvalue weighted by Gasteiger charge is 2.35. The van der Waals surface area contributed by atoms with Crippen LogP contribution in [0.3, 0.4) is 0 Å². The number of hydrogen-bond acceptors (Lipinski definition) is 4. The van der Waals surface area contributed by atoms with Crippen molar-refractivity contribution in [3.05, 3.63) is 47.5 Å². The second-order valence-electron chi connectivity index (χ2n) is 7.27. The monoisotopic (exact) mass is 380 g/mol. The van der Waals surface area contributed by atoms with Gasteiger partial charge in [-0.15, -0.1) is 0 Å². The molecule has 0 radical (unpaired) electrons. The predicted molar refractivity (Wildman–Crippen MR) is 107 cm³/mol. The molecule has 0 bridgehead atoms. The summed E-state index contributed by atoms with van der Waals surface area (Å²) in [5.74, 6) is 1.32. The molecule has 4 rings (SSSR count). The molecule has 1 N–H and O–H groups in total. The fourth-order valence-corrected chi connectivity index (χ4v) is 3.60. The van der Waals surface area contributed by atoms with Crippen molar-refractivity contribution in [2.24, 2.45) is 5.92 Å². The van der Waals surface area contributed by atoms with E-state index in [1.165, 1.54) is 0 Å². The average molecular weight is 380 g/mol. The Labute approximate surface area is 164 Å². The Kier molecular flexibility index (Phi) is 4.94. The summed E-state index contributed by atoms with van der Waals surface area (Å²) in [4.78, 5) is 27.1. The molecule has 1 heterocycles. The van der Waals surface area contributed by atoms with Gasteiger partial charge >= 0.3 is 0 Å². The zero-order valence-corrected chi connectivity index (χ0v) is 16.2. The minimum absolute atomic E-state index is 0.202. The third-order valence-corrected chi connectivity index (χ3v) is 5.26. The lowest BCUT2D eigenvalue weighted by molar-refractivity contribution is -0.119. The van der Waals surface area contributed by atoms with Crippen molar-refractivity contribution < 1.29 is 19.1 Å². The molecule has 146 valence electrons. The summed E-state index contributed by atoms with van der Waals surface area (Å²) in [6.45, 7) is 0.775. The van der Waals surface area contributed by atoms with Gasteiger partial charge in [0.2, 0.25) is 5.91 Å². The van der Waals surface area contributed by atoms with Gasteiger partial charge in [0.15, 0.2) is 0 Å². The Morgan fingerprint density at radius 2 is 1.75 bits per heavy atom. The Morgan fingerprint density at radius 1 is 1.04 bits per heavy atom. The lowest BCUT2D eigenvalue weighted by Crippen LogP contribution is -2.36. The lowest BCUT2D eigenvalue weighted by Gasteiger charge is -2.30. The van der Waals surface area contributed by atoms with Gasteiger partial charge in [-0.1, -0.05) is 0 Å². The van der Waals surface area contributed by atoms with Crippen LogP contribution in [0.25, 0.3) is 0 Å². The van der Waals surface area contributed by atoms with Crippen LogP contribution < -0.4 is 19.7 Å². The zero-order valence-electron chi connectivity index (χ0n) is 16.2. The van der Waals surface area contributed by atoms with Gasteiger partial charge in [0.1, 0.15) is 11.5 Å². The van der Waals surface area contributed by atoms with Crippen molar-refractivity contribution >= 4 is 23.2 Å². The molecule has 0 atom stereocenters. The molecule has 2 aromatic rings. The fraction of sp³-hybridized carbons (Fsp3) is 0.364. The standard InChI is InChI=1S/C22H24N2O4/c1-27-18-11-16(12-19(13-18)28-2)21(25)23-17-7-8-20-15(10-17)4-3-9-24(20)22(26)14-5-6-14/h7-8,10-14H,3-6,9H2,1-2H3,(H,23,25). The highest BCUT2D eigenvalue weighted by Crippen LogP contribution is 2.36. The van der Waals surface area contributed by atoms with Crippen molar-refractivity contribution in [2.75, 3.05) is 31.0 Å². The summed E-state index contributed by atoms with van der Waals surface area (Å²) in [7, 11) is 3.10. The molecule has 28 heavy (non-hydrogen) atoms. The Morgan fingerprint density at radius 3 is 2.39 bits per heavy atom. The summed E-state index contributed by atoms with van der Waals surface area (Å²) in [6, 6.07) is 10.8. The van der Waals surface area contributed by atoms with Crippen LogP contribution in [-0.4, -0.2) is 32.6 Å². The average Bonchev–Trinajstić information content (AvgIpc) is 3.57. The van der Waals surface area contributed by atoms with Gasteiger partial charge in [0, 0.05) is 35.5 Å². The Hall–Kier alpha value is -3.02. The van der Waals surface area contributed by atoms with E-state index in [1.807, 2.05) is 23.1 Å². The normalized spacial score (nSPS) is 15.6. The van der Waals surface area contributed by atoms with E-state index < -0.39 is 0 Å². The number of anilines is 2. The van der Waals surface area contributed by atoms with E-state index in [2.05, 4.69) is 5.32 Å². The second-order valence-corrected chi connectivity index (χ2v) is 7.27. The topological polar surface area (TPSA) is 67.9 Å². The highest BCUT2D eigenvalue weighted by molar-refractivity contribution is 6.05. The SMILES string of the molecule is COc1cc(OC)cc(C(=O)Nc2ccc3c(c2)CCCN3C(=O)C2CC2)c1. The maximum atomic E-state index is 12.7. The third-order valence-electron chi connectivity index (χ3n) is 5.26. The third kappa shape index (κ3) is 3.67. The first kappa shape index (κ1) is 18.3. The zero-order chi connectivity index (χ0) is 19.7. The van der Waals surface area contributed by atoms with Gasteiger partial charge in [-0.3, -0.25) is 9.59 Å². The minimum Gasteiger partial charge on any atom is -0.497 e. The lowest BCUT2D eigenvalue weighted by atomic mass is 10.00. The highest BCUT2D eigenvalue weighted by atomic mass is 16.5. The first-order valence-corrected chi connectivity index (χ1v) is 9.58. The quantitative estimate of drug-likeness (QED) is 0.860. The van der Waals surface area contributed by atoms with E-state index >= 15 is 0 Å². The molecule has 2 amide bonds. The number of ether oxygens (including phenoxy) is 2. The summed E-state index contributed by atoms with van der Waals surface area (Å²) >= 11 is 0. The van der Waals surface area contributed by atoms with Crippen molar-refractivity contribution in [2.45, 2.75) is 25.7 Å². The first-order valence-electron chi connectivity index (χ1n) is 9.58. The van der Waals surface area contributed by atoms with Crippen LogP contribution in [0.1, 0.15) is 35.2 Å². The minimum atomic E-state index is -0.237. The van der Waals surface area contributed by atoms with E-state index in [1.54, 1.807) is 32.4 Å². The molecular weight excluding hydrogens is 356 g/mol. The Balaban J connectivity index is 1.54. The van der Waals surface area contributed by atoms with Gasteiger partial charge < -0.3 is 19.7 Å². The number of carbonyl (C=O) groups is 2. The van der Waals surface area contributed by atoms with Gasteiger partial charge in [-0.05, 0) is 61.6 Å². The number of benzene rings is 2. The number of nitrogens with zero attached hydrogens (tertiary/aromatic N) is 1. The predicted octanol–water partition coefficient (Wildman–Crippen LogP) is 3.65. The van der Waals surface area contributed by atoms with Crippen molar-refractivity contribution in [1.29, 1.82) is 0 Å². The van der Waals surface area contributed by atoms with Crippen molar-refractivity contribution in [3.8, 4) is 11.5 Å². The maximum absolute atomic E-state index is 12.7. The number of hydrogen-bond donors (Lipinski definition) is 1. The van der Waals surface area contributed by atoms with E-state index in [0.717, 1.165) is 43.5 Å². The number of carbonyl (C=O) groups excluding carboxylic acids is 2. The summed E-state index contributed by atoms with van der Waals surface area (Å²) in [6.07, 6.45) is 3.85. The van der Waals surface area contributed by atoms with Gasteiger partial charge in [-0.2, -0.15) is 0 Å². The summed E-state index contributed by atoms with van der Waals surface area (Å²) in [5.41, 5.74) is 3.25. The van der Waals surface area contributed by atoms with Crippen LogP contribution in [0, 0.1) is 5.92 Å². The van der Waals surface area contributed by atoms with Crippen LogP contribution in [0.5, 0.6) is 11.5 Å². The van der Waals surface area contributed by atoms with E-state index in [4.69, 9.17) is 9.47 Å². The van der Waals surface area contributed by atoms with E-state index in [9.17, 15) is 9.59 Å². The molecule has 2 aromatic carbocycles. The summed E-state index contributed by atoms with van der Waals surface area (Å²) < 4.78 is 10.5. The smallest absolute Gasteiger partial charge is 0.255 e. The van der Waals surface area contributed by atoms with Crippen LogP contribution in [0.4, 0.5) is 11.4 Å². The molecule has 6 heteroatoms. The summed E-state index contributed by atoms with van der Waals surface area (Å²) in [5, 5.41) is 2.94. The Bertz CT molecular complexity index is 898. The van der Waals surface area contributed by atoms with Crippen LogP contribution >= 0.6 is 0 Å². The van der Waals surface area contributed by atoms with Crippen LogP contribution in [0.2, 0.25) is 0 Å². The van der Waals surface area contributed by atoms with Crippen molar-refractivity contribution in [1.82, 2.24) is 0 Å². The molecule has 1 aliphatic heterocycles. The molecule has 1 aliphatic carbocycles. The molecule has 0 unspecified atom stereocenters. The fourth-order valence-electron chi connectivity index (χ4n) is 3.60. The first-order chi connectivity index (χ1) is 13.6. The van der Waals surface area contributed by atoms with Gasteiger partial charge in [0.05, 0.1) is 14.2 Å². The molecule has 0 spiro atoms. The van der Waals surface area contributed by atoms with Gasteiger partial charge in [0.25, 0.3) is 5.91 Å². The number of nitrogens with one attached hydrogen (secondary N) is 1. The number of amides is 2. The molecule has 6 nitrogen and oxygen atoms in total. The largest absolute Gasteiger partial charge is 0.497 e. The van der Waals surface area contributed by atoms with Crippen molar-refractivity contribution in [3.63, 3.8) is 0 Å². The molecular formula is C22H24N2O4.